The number of nitrogens with zero attached hydrogens (tertiary/aromatic N) is 1. The molecule has 0 heterocycles. The second-order valence-corrected chi connectivity index (χ2v) is 5.79. The van der Waals surface area contributed by atoms with Crippen molar-refractivity contribution in [1.82, 2.24) is 0 Å². The van der Waals surface area contributed by atoms with Crippen LogP contribution in [0, 0.1) is 10.1 Å². The van der Waals surface area contributed by atoms with E-state index in [1.54, 1.807) is 18.8 Å². The Morgan fingerprint density at radius 1 is 1.50 bits per heavy atom. The van der Waals surface area contributed by atoms with Gasteiger partial charge in [0.1, 0.15) is 0 Å². The molecule has 0 aliphatic carbocycles. The Hall–Kier alpha value is -0.640. The number of benzene rings is 1. The lowest BCUT2D eigenvalue weighted by Crippen LogP contribution is -1.86. The predicted molar refractivity (Wildman–Crippen MR) is 58.9 cm³/mol. The lowest BCUT2D eigenvalue weighted by molar-refractivity contribution is -0.384. The molecule has 1 rings (SSSR count). The third kappa shape index (κ3) is 3.62. The Bertz CT molecular complexity index is 315. The quantitative estimate of drug-likeness (QED) is 0.374. The fraction of sp³-hybridized carbons (Fsp3) is 0.250. The summed E-state index contributed by atoms with van der Waals surface area (Å²) < 4.78 is 0. The summed E-state index contributed by atoms with van der Waals surface area (Å²) in [6.07, 6.45) is 0. The standard InChI is InChI=1S/C8H10NO3PS/c1-13(12)6-14-8-4-2-7(3-5-8)9(10)11/h2-5,12H,6H2,1H3. The zero-order chi connectivity index (χ0) is 10.6. The monoisotopic (exact) mass is 231 g/mol. The molecule has 4 nitrogen and oxygen atoms in total. The molecule has 0 saturated heterocycles. The third-order valence-corrected chi connectivity index (χ3v) is 4.08. The summed E-state index contributed by atoms with van der Waals surface area (Å²) >= 11 is 1.51. The molecule has 1 aromatic rings. The Morgan fingerprint density at radius 2 is 2.07 bits per heavy atom. The summed E-state index contributed by atoms with van der Waals surface area (Å²) in [7, 11) is -0.915. The molecule has 0 saturated carbocycles. The third-order valence-electron chi connectivity index (χ3n) is 1.47. The molecule has 0 radical (unpaired) electrons. The van der Waals surface area contributed by atoms with Gasteiger partial charge in [-0.2, -0.15) is 0 Å². The van der Waals surface area contributed by atoms with Crippen molar-refractivity contribution in [3.63, 3.8) is 0 Å². The van der Waals surface area contributed by atoms with Gasteiger partial charge in [-0.1, -0.05) is 0 Å². The summed E-state index contributed by atoms with van der Waals surface area (Å²) in [5.74, 6) is 0. The van der Waals surface area contributed by atoms with Gasteiger partial charge in [0, 0.05) is 30.7 Å². The first kappa shape index (κ1) is 11.4. The van der Waals surface area contributed by atoms with Crippen LogP contribution in [0.3, 0.4) is 0 Å². The van der Waals surface area contributed by atoms with Gasteiger partial charge in [0.15, 0.2) is 0 Å². The van der Waals surface area contributed by atoms with Gasteiger partial charge in [-0.15, -0.1) is 11.8 Å². The fourth-order valence-corrected chi connectivity index (χ4v) is 2.50. The zero-order valence-electron chi connectivity index (χ0n) is 7.58. The Labute approximate surface area is 87.3 Å². The number of nitro benzene ring substituents is 1. The summed E-state index contributed by atoms with van der Waals surface area (Å²) in [4.78, 5) is 20.0. The number of hydrogen-bond donors (Lipinski definition) is 1. The van der Waals surface area contributed by atoms with Crippen LogP contribution in [-0.4, -0.2) is 22.0 Å². The highest BCUT2D eigenvalue weighted by Gasteiger charge is 2.04. The molecule has 0 aliphatic rings. The first-order valence-corrected chi connectivity index (χ1v) is 6.78. The maximum atomic E-state index is 10.3. The first-order valence-electron chi connectivity index (χ1n) is 3.87. The van der Waals surface area contributed by atoms with Crippen molar-refractivity contribution >= 4 is 25.6 Å². The summed E-state index contributed by atoms with van der Waals surface area (Å²) in [5, 5.41) is 10.3. The van der Waals surface area contributed by atoms with Crippen molar-refractivity contribution in [2.75, 3.05) is 12.2 Å². The predicted octanol–water partition coefficient (Wildman–Crippen LogP) is 2.66. The molecule has 0 spiro atoms. The van der Waals surface area contributed by atoms with Gasteiger partial charge in [0.05, 0.1) is 4.92 Å². The molecule has 1 atom stereocenters. The molecule has 0 fully saturated rings. The van der Waals surface area contributed by atoms with E-state index in [2.05, 4.69) is 0 Å². The molecule has 1 N–H and O–H groups in total. The fourth-order valence-electron chi connectivity index (χ4n) is 0.832. The second kappa shape index (κ2) is 5.29. The molecule has 1 aromatic carbocycles. The van der Waals surface area contributed by atoms with Crippen molar-refractivity contribution in [3.8, 4) is 0 Å². The highest BCUT2D eigenvalue weighted by atomic mass is 32.2. The van der Waals surface area contributed by atoms with E-state index in [9.17, 15) is 10.1 Å². The normalized spacial score (nSPS) is 12.4. The Morgan fingerprint density at radius 3 is 2.50 bits per heavy atom. The van der Waals surface area contributed by atoms with E-state index >= 15 is 0 Å². The van der Waals surface area contributed by atoms with Crippen molar-refractivity contribution < 1.29 is 9.82 Å². The molecule has 0 bridgehead atoms. The number of rotatable bonds is 4. The van der Waals surface area contributed by atoms with Crippen LogP contribution in [0.25, 0.3) is 0 Å². The molecule has 76 valence electrons. The van der Waals surface area contributed by atoms with Crippen LogP contribution < -0.4 is 0 Å². The minimum absolute atomic E-state index is 0.0945. The van der Waals surface area contributed by atoms with E-state index in [0.717, 1.165) is 4.90 Å². The van der Waals surface area contributed by atoms with Gasteiger partial charge in [-0.3, -0.25) is 10.1 Å². The number of hydrogen-bond acceptors (Lipinski definition) is 4. The molecular weight excluding hydrogens is 221 g/mol. The Balaban J connectivity index is 2.60. The maximum Gasteiger partial charge on any atom is 0.269 e. The molecule has 0 aliphatic heterocycles. The smallest absolute Gasteiger partial charge is 0.269 e. The van der Waals surface area contributed by atoms with Crippen molar-refractivity contribution in [3.05, 3.63) is 34.4 Å². The van der Waals surface area contributed by atoms with Crippen LogP contribution in [0.1, 0.15) is 0 Å². The number of non-ortho nitro benzene ring substituents is 1. The maximum absolute atomic E-state index is 10.3. The van der Waals surface area contributed by atoms with Crippen LogP contribution in [0.4, 0.5) is 5.69 Å². The number of nitro groups is 1. The van der Waals surface area contributed by atoms with Crippen molar-refractivity contribution in [1.29, 1.82) is 0 Å². The van der Waals surface area contributed by atoms with Gasteiger partial charge in [0.25, 0.3) is 5.69 Å². The SMILES string of the molecule is CP(O)CSc1ccc([N+](=O)[O-])cc1. The average molecular weight is 231 g/mol. The Kier molecular flexibility index (Phi) is 4.32. The van der Waals surface area contributed by atoms with E-state index in [0.29, 0.717) is 5.49 Å². The summed E-state index contributed by atoms with van der Waals surface area (Å²) in [6.45, 7) is 1.77. The molecule has 1 unspecified atom stereocenters. The minimum atomic E-state index is -0.915. The minimum Gasteiger partial charge on any atom is -0.373 e. The topological polar surface area (TPSA) is 63.4 Å². The first-order chi connectivity index (χ1) is 6.59. The van der Waals surface area contributed by atoms with Crippen LogP contribution >= 0.6 is 19.9 Å². The van der Waals surface area contributed by atoms with E-state index in [4.69, 9.17) is 4.89 Å². The van der Waals surface area contributed by atoms with E-state index in [1.165, 1.54) is 23.9 Å². The highest BCUT2D eigenvalue weighted by molar-refractivity contribution is 8.04. The second-order valence-electron chi connectivity index (χ2n) is 2.68. The van der Waals surface area contributed by atoms with Gasteiger partial charge in [0.2, 0.25) is 0 Å². The lowest BCUT2D eigenvalue weighted by Gasteiger charge is -2.02. The molecule has 0 aromatic heterocycles. The average Bonchev–Trinajstić information content (AvgIpc) is 2.15. The highest BCUT2D eigenvalue weighted by Crippen LogP contribution is 2.34. The van der Waals surface area contributed by atoms with Gasteiger partial charge in [-0.25, -0.2) is 0 Å². The van der Waals surface area contributed by atoms with Crippen LogP contribution in [0.15, 0.2) is 29.2 Å². The zero-order valence-corrected chi connectivity index (χ0v) is 9.29. The van der Waals surface area contributed by atoms with Crippen LogP contribution in [0.2, 0.25) is 0 Å². The van der Waals surface area contributed by atoms with Gasteiger partial charge in [-0.05, 0) is 18.8 Å². The summed E-state index contributed by atoms with van der Waals surface area (Å²) in [6, 6.07) is 6.33. The van der Waals surface area contributed by atoms with E-state index < -0.39 is 13.1 Å². The molecular formula is C8H10NO3PS. The van der Waals surface area contributed by atoms with Crippen molar-refractivity contribution in [2.24, 2.45) is 0 Å². The van der Waals surface area contributed by atoms with Crippen LogP contribution in [0.5, 0.6) is 0 Å². The van der Waals surface area contributed by atoms with Crippen LogP contribution in [-0.2, 0) is 0 Å². The largest absolute Gasteiger partial charge is 0.373 e. The summed E-state index contributed by atoms with van der Waals surface area (Å²) in [5.41, 5.74) is 0.754. The lowest BCUT2D eigenvalue weighted by atomic mass is 10.3. The molecule has 0 amide bonds. The van der Waals surface area contributed by atoms with Gasteiger partial charge >= 0.3 is 0 Å². The molecule has 6 heteroatoms. The van der Waals surface area contributed by atoms with E-state index in [1.807, 2.05) is 0 Å². The molecule has 14 heavy (non-hydrogen) atoms. The van der Waals surface area contributed by atoms with Gasteiger partial charge < -0.3 is 4.89 Å². The number of thioether (sulfide) groups is 1. The van der Waals surface area contributed by atoms with Crippen molar-refractivity contribution in [2.45, 2.75) is 4.90 Å². The van der Waals surface area contributed by atoms with E-state index in [-0.39, 0.29) is 5.69 Å².